The third kappa shape index (κ3) is 2.84. The van der Waals surface area contributed by atoms with Gasteiger partial charge >= 0.3 is 5.97 Å². The summed E-state index contributed by atoms with van der Waals surface area (Å²) in [6.07, 6.45) is 0. The zero-order valence-corrected chi connectivity index (χ0v) is 10.6. The standard InChI is InChI=1S/C13H15FN2O2/c1-13(2,12(17)18)16(3)8-10-5-4-9(7-15)6-11(10)14/h4-6H,8H2,1-3H3,(H,17,18). The van der Waals surface area contributed by atoms with E-state index >= 15 is 0 Å². The molecule has 1 aromatic rings. The molecular weight excluding hydrogens is 235 g/mol. The minimum Gasteiger partial charge on any atom is -0.480 e. The monoisotopic (exact) mass is 250 g/mol. The molecule has 1 N–H and O–H groups in total. The van der Waals surface area contributed by atoms with Crippen LogP contribution in [0.25, 0.3) is 0 Å². The van der Waals surface area contributed by atoms with Gasteiger partial charge in [-0.25, -0.2) is 4.39 Å². The number of nitriles is 1. The van der Waals surface area contributed by atoms with Crippen molar-refractivity contribution in [2.24, 2.45) is 0 Å². The molecule has 0 aliphatic heterocycles. The molecule has 4 nitrogen and oxygen atoms in total. The van der Waals surface area contributed by atoms with Crippen LogP contribution in [0.2, 0.25) is 0 Å². The van der Waals surface area contributed by atoms with E-state index in [-0.39, 0.29) is 12.1 Å². The van der Waals surface area contributed by atoms with Gasteiger partial charge in [-0.05, 0) is 33.0 Å². The van der Waals surface area contributed by atoms with Crippen LogP contribution in [0.1, 0.15) is 25.0 Å². The van der Waals surface area contributed by atoms with Crippen LogP contribution in [0.15, 0.2) is 18.2 Å². The molecule has 0 atom stereocenters. The lowest BCUT2D eigenvalue weighted by Crippen LogP contribution is -2.47. The highest BCUT2D eigenvalue weighted by Crippen LogP contribution is 2.18. The van der Waals surface area contributed by atoms with Gasteiger partial charge in [0.1, 0.15) is 11.4 Å². The summed E-state index contributed by atoms with van der Waals surface area (Å²) in [5.74, 6) is -1.47. The van der Waals surface area contributed by atoms with E-state index in [1.165, 1.54) is 12.1 Å². The quantitative estimate of drug-likeness (QED) is 0.887. The second kappa shape index (κ2) is 5.15. The van der Waals surface area contributed by atoms with Crippen molar-refractivity contribution in [1.29, 1.82) is 5.26 Å². The number of hydrogen-bond donors (Lipinski definition) is 1. The van der Waals surface area contributed by atoms with Gasteiger partial charge in [0.2, 0.25) is 0 Å². The SMILES string of the molecule is CN(Cc1ccc(C#N)cc1F)C(C)(C)C(=O)O. The summed E-state index contributed by atoms with van der Waals surface area (Å²) in [5, 5.41) is 17.7. The van der Waals surface area contributed by atoms with Crippen molar-refractivity contribution in [1.82, 2.24) is 4.90 Å². The summed E-state index contributed by atoms with van der Waals surface area (Å²) in [5.41, 5.74) is -0.470. The fourth-order valence-corrected chi connectivity index (χ4v) is 1.36. The van der Waals surface area contributed by atoms with E-state index in [0.29, 0.717) is 5.56 Å². The van der Waals surface area contributed by atoms with Crippen molar-refractivity contribution < 1.29 is 14.3 Å². The van der Waals surface area contributed by atoms with Crippen LogP contribution in [0, 0.1) is 17.1 Å². The molecule has 0 aliphatic carbocycles. The largest absolute Gasteiger partial charge is 0.480 e. The number of halogens is 1. The van der Waals surface area contributed by atoms with Gasteiger partial charge in [-0.2, -0.15) is 5.26 Å². The maximum Gasteiger partial charge on any atom is 0.323 e. The predicted molar refractivity (Wildman–Crippen MR) is 64.3 cm³/mol. The number of benzene rings is 1. The van der Waals surface area contributed by atoms with Gasteiger partial charge in [0.15, 0.2) is 0 Å². The second-order valence-corrected chi connectivity index (χ2v) is 4.64. The molecule has 0 saturated carbocycles. The summed E-state index contributed by atoms with van der Waals surface area (Å²) in [4.78, 5) is 12.6. The molecule has 96 valence electrons. The summed E-state index contributed by atoms with van der Waals surface area (Å²) in [7, 11) is 1.62. The number of carboxylic acid groups (broad SMARTS) is 1. The maximum atomic E-state index is 13.7. The van der Waals surface area contributed by atoms with Crippen LogP contribution in [-0.4, -0.2) is 28.6 Å². The Bertz CT molecular complexity index is 506. The van der Waals surface area contributed by atoms with Gasteiger partial charge in [0.25, 0.3) is 0 Å². The summed E-state index contributed by atoms with van der Waals surface area (Å²) < 4.78 is 13.7. The Kier molecular flexibility index (Phi) is 4.04. The van der Waals surface area contributed by atoms with Crippen molar-refractivity contribution >= 4 is 5.97 Å². The lowest BCUT2D eigenvalue weighted by Gasteiger charge is -2.31. The first kappa shape index (κ1) is 14.1. The van der Waals surface area contributed by atoms with Crippen molar-refractivity contribution in [3.8, 4) is 6.07 Å². The Morgan fingerprint density at radius 1 is 1.56 bits per heavy atom. The molecule has 0 unspecified atom stereocenters. The van der Waals surface area contributed by atoms with Gasteiger partial charge < -0.3 is 5.11 Å². The van der Waals surface area contributed by atoms with Gasteiger partial charge in [-0.15, -0.1) is 0 Å². The molecule has 0 aliphatic rings. The lowest BCUT2D eigenvalue weighted by atomic mass is 10.0. The molecule has 0 saturated heterocycles. The Balaban J connectivity index is 2.93. The molecule has 0 heterocycles. The minimum atomic E-state index is -1.08. The van der Waals surface area contributed by atoms with Crippen molar-refractivity contribution in [2.75, 3.05) is 7.05 Å². The Morgan fingerprint density at radius 2 is 2.17 bits per heavy atom. The number of aliphatic carboxylic acids is 1. The summed E-state index contributed by atoms with van der Waals surface area (Å²) >= 11 is 0. The average Bonchev–Trinajstić information content (AvgIpc) is 2.31. The highest BCUT2D eigenvalue weighted by Gasteiger charge is 2.32. The zero-order valence-electron chi connectivity index (χ0n) is 10.6. The third-order valence-corrected chi connectivity index (χ3v) is 3.07. The number of nitrogens with zero attached hydrogens (tertiary/aromatic N) is 2. The minimum absolute atomic E-state index is 0.164. The van der Waals surface area contributed by atoms with E-state index in [4.69, 9.17) is 10.4 Å². The highest BCUT2D eigenvalue weighted by molar-refractivity contribution is 5.77. The smallest absolute Gasteiger partial charge is 0.323 e. The molecule has 18 heavy (non-hydrogen) atoms. The van der Waals surface area contributed by atoms with E-state index < -0.39 is 17.3 Å². The van der Waals surface area contributed by atoms with Crippen molar-refractivity contribution in [2.45, 2.75) is 25.9 Å². The Morgan fingerprint density at radius 3 is 2.61 bits per heavy atom. The number of carboxylic acids is 1. The Hall–Kier alpha value is -1.93. The van der Waals surface area contributed by atoms with Crippen LogP contribution >= 0.6 is 0 Å². The number of carbonyl (C=O) groups is 1. The van der Waals surface area contributed by atoms with Crippen LogP contribution in [0.4, 0.5) is 4.39 Å². The maximum absolute atomic E-state index is 13.7. The van der Waals surface area contributed by atoms with Gasteiger partial charge in [0, 0.05) is 12.1 Å². The first-order chi connectivity index (χ1) is 8.28. The molecule has 1 rings (SSSR count). The second-order valence-electron chi connectivity index (χ2n) is 4.64. The molecule has 1 aromatic carbocycles. The molecular formula is C13H15FN2O2. The third-order valence-electron chi connectivity index (χ3n) is 3.07. The topological polar surface area (TPSA) is 64.3 Å². The van der Waals surface area contributed by atoms with Crippen LogP contribution in [0.3, 0.4) is 0 Å². The number of hydrogen-bond acceptors (Lipinski definition) is 3. The molecule has 0 aromatic heterocycles. The fourth-order valence-electron chi connectivity index (χ4n) is 1.36. The van der Waals surface area contributed by atoms with Gasteiger partial charge in [0.05, 0.1) is 11.6 Å². The summed E-state index contributed by atoms with van der Waals surface area (Å²) in [6, 6.07) is 6.02. The predicted octanol–water partition coefficient (Wildman–Crippen LogP) is 1.99. The molecule has 0 amide bonds. The van der Waals surface area contributed by atoms with Crippen LogP contribution in [-0.2, 0) is 11.3 Å². The van der Waals surface area contributed by atoms with Crippen molar-refractivity contribution in [3.05, 3.63) is 35.1 Å². The normalized spacial score (nSPS) is 11.3. The van der Waals surface area contributed by atoms with E-state index in [0.717, 1.165) is 6.07 Å². The van der Waals surface area contributed by atoms with E-state index in [9.17, 15) is 9.18 Å². The number of likely N-dealkylation sites (N-methyl/N-ethyl adjacent to an activating group) is 1. The molecule has 0 radical (unpaired) electrons. The highest BCUT2D eigenvalue weighted by atomic mass is 19.1. The average molecular weight is 250 g/mol. The zero-order chi connectivity index (χ0) is 13.9. The molecule has 5 heteroatoms. The molecule has 0 bridgehead atoms. The van der Waals surface area contributed by atoms with E-state index in [1.807, 2.05) is 6.07 Å². The van der Waals surface area contributed by atoms with Crippen LogP contribution in [0.5, 0.6) is 0 Å². The Labute approximate surface area is 105 Å². The molecule has 0 fully saturated rings. The number of rotatable bonds is 4. The first-order valence-corrected chi connectivity index (χ1v) is 5.42. The summed E-state index contributed by atoms with van der Waals surface area (Å²) in [6.45, 7) is 3.27. The molecule has 0 spiro atoms. The van der Waals surface area contributed by atoms with Gasteiger partial charge in [-0.3, -0.25) is 9.69 Å². The first-order valence-electron chi connectivity index (χ1n) is 5.42. The van der Waals surface area contributed by atoms with E-state index in [2.05, 4.69) is 0 Å². The van der Waals surface area contributed by atoms with Crippen molar-refractivity contribution in [3.63, 3.8) is 0 Å². The van der Waals surface area contributed by atoms with Gasteiger partial charge in [-0.1, -0.05) is 6.07 Å². The van der Waals surface area contributed by atoms with Crippen LogP contribution < -0.4 is 0 Å². The fraction of sp³-hybridized carbons (Fsp3) is 0.385. The van der Waals surface area contributed by atoms with E-state index in [1.54, 1.807) is 25.8 Å². The lowest BCUT2D eigenvalue weighted by molar-refractivity contribution is -0.148.